The minimum absolute atomic E-state index is 0.679. The molecule has 0 atom stereocenters. The fourth-order valence-corrected chi connectivity index (χ4v) is 2.21. The number of thiazole rings is 1. The highest BCUT2D eigenvalue weighted by Crippen LogP contribution is 2.21. The Morgan fingerprint density at radius 2 is 2.17 bits per heavy atom. The predicted octanol–water partition coefficient (Wildman–Crippen LogP) is 1.78. The summed E-state index contributed by atoms with van der Waals surface area (Å²) in [5.74, 6) is 6.97. The third-order valence-electron chi connectivity index (χ3n) is 2.50. The van der Waals surface area contributed by atoms with E-state index in [0.717, 1.165) is 24.2 Å². The molecule has 2 rings (SSSR count). The van der Waals surface area contributed by atoms with Gasteiger partial charge in [-0.1, -0.05) is 13.3 Å². The second kappa shape index (κ2) is 6.27. The van der Waals surface area contributed by atoms with Crippen molar-refractivity contribution in [3.63, 3.8) is 0 Å². The number of aromatic nitrogens is 3. The summed E-state index contributed by atoms with van der Waals surface area (Å²) in [7, 11) is 0. The van der Waals surface area contributed by atoms with Gasteiger partial charge in [0.05, 0.1) is 12.1 Å². The van der Waals surface area contributed by atoms with Gasteiger partial charge < -0.3 is 10.7 Å². The van der Waals surface area contributed by atoms with Crippen LogP contribution in [0.4, 0.5) is 11.6 Å². The van der Waals surface area contributed by atoms with E-state index in [4.69, 9.17) is 5.84 Å². The summed E-state index contributed by atoms with van der Waals surface area (Å²) in [6, 6.07) is 0. The second-order valence-corrected chi connectivity index (χ2v) is 4.74. The Hall–Kier alpha value is -1.73. The quantitative estimate of drug-likeness (QED) is 0.544. The number of nitrogens with zero attached hydrogens (tertiary/aromatic N) is 3. The number of nitrogen functional groups attached to an aromatic ring is 1. The number of hydrogen-bond acceptors (Lipinski definition) is 7. The molecular weight excluding hydrogens is 248 g/mol. The van der Waals surface area contributed by atoms with E-state index in [9.17, 15) is 0 Å². The van der Waals surface area contributed by atoms with E-state index in [1.807, 2.05) is 11.7 Å². The van der Waals surface area contributed by atoms with Crippen molar-refractivity contribution in [3.05, 3.63) is 28.5 Å². The average molecular weight is 264 g/mol. The lowest BCUT2D eigenvalue weighted by atomic mass is 10.1. The van der Waals surface area contributed by atoms with Gasteiger partial charge in [0.15, 0.2) is 0 Å². The van der Waals surface area contributed by atoms with Crippen molar-refractivity contribution in [1.82, 2.24) is 15.0 Å². The molecule has 0 aliphatic heterocycles. The molecule has 0 unspecified atom stereocenters. The number of hydrogen-bond donors (Lipinski definition) is 3. The van der Waals surface area contributed by atoms with Gasteiger partial charge in [-0.05, 0) is 6.42 Å². The lowest BCUT2D eigenvalue weighted by Gasteiger charge is -2.12. The number of rotatable bonds is 6. The largest absolute Gasteiger partial charge is 0.365 e. The van der Waals surface area contributed by atoms with Crippen LogP contribution in [0.3, 0.4) is 0 Å². The van der Waals surface area contributed by atoms with Gasteiger partial charge in [0.25, 0.3) is 0 Å². The molecule has 2 aromatic heterocycles. The molecule has 0 saturated carbocycles. The van der Waals surface area contributed by atoms with Gasteiger partial charge in [0.2, 0.25) is 0 Å². The third kappa shape index (κ3) is 2.93. The van der Waals surface area contributed by atoms with E-state index in [0.29, 0.717) is 12.4 Å². The van der Waals surface area contributed by atoms with Crippen molar-refractivity contribution < 1.29 is 0 Å². The normalized spacial score (nSPS) is 10.3. The molecule has 96 valence electrons. The number of nitrogens with one attached hydrogen (secondary N) is 2. The van der Waals surface area contributed by atoms with E-state index in [1.165, 1.54) is 11.2 Å². The zero-order chi connectivity index (χ0) is 12.8. The van der Waals surface area contributed by atoms with Gasteiger partial charge in [-0.15, -0.1) is 11.3 Å². The van der Waals surface area contributed by atoms with Gasteiger partial charge >= 0.3 is 0 Å². The molecule has 0 aliphatic rings. The fourth-order valence-electron chi connectivity index (χ4n) is 1.68. The van der Waals surface area contributed by atoms with Crippen molar-refractivity contribution in [1.29, 1.82) is 0 Å². The van der Waals surface area contributed by atoms with Crippen LogP contribution in [0, 0.1) is 0 Å². The van der Waals surface area contributed by atoms with E-state index in [1.54, 1.807) is 11.3 Å². The molecule has 2 aromatic rings. The summed E-state index contributed by atoms with van der Waals surface area (Å²) in [5, 5.41) is 3.30. The molecule has 0 fully saturated rings. The molecule has 6 nitrogen and oxygen atoms in total. The molecule has 0 aliphatic carbocycles. The Labute approximate surface area is 110 Å². The van der Waals surface area contributed by atoms with Gasteiger partial charge in [-0.25, -0.2) is 15.8 Å². The SMILES string of the molecule is CCCc1c(NN)ncnc1NCc1cncs1. The highest BCUT2D eigenvalue weighted by atomic mass is 32.1. The van der Waals surface area contributed by atoms with E-state index in [-0.39, 0.29) is 0 Å². The lowest BCUT2D eigenvalue weighted by Crippen LogP contribution is -2.14. The minimum atomic E-state index is 0.679. The van der Waals surface area contributed by atoms with Crippen LogP contribution in [0.2, 0.25) is 0 Å². The van der Waals surface area contributed by atoms with E-state index in [2.05, 4.69) is 32.6 Å². The van der Waals surface area contributed by atoms with Crippen LogP contribution < -0.4 is 16.6 Å². The summed E-state index contributed by atoms with van der Waals surface area (Å²) in [5.41, 5.74) is 5.45. The van der Waals surface area contributed by atoms with Crippen molar-refractivity contribution in [2.24, 2.45) is 5.84 Å². The maximum atomic E-state index is 5.46. The van der Waals surface area contributed by atoms with Crippen LogP contribution in [-0.2, 0) is 13.0 Å². The van der Waals surface area contributed by atoms with Crippen molar-refractivity contribution in [2.75, 3.05) is 10.7 Å². The number of anilines is 2. The van der Waals surface area contributed by atoms with Crippen LogP contribution >= 0.6 is 11.3 Å². The number of nitrogens with two attached hydrogens (primary N) is 1. The Kier molecular flexibility index (Phi) is 4.43. The first kappa shape index (κ1) is 12.7. The van der Waals surface area contributed by atoms with Crippen LogP contribution in [-0.4, -0.2) is 15.0 Å². The van der Waals surface area contributed by atoms with Gasteiger partial charge in [0.1, 0.15) is 18.0 Å². The highest BCUT2D eigenvalue weighted by molar-refractivity contribution is 7.09. The lowest BCUT2D eigenvalue weighted by molar-refractivity contribution is 0.897. The maximum Gasteiger partial charge on any atom is 0.148 e. The Bertz CT molecular complexity index is 484. The molecule has 0 amide bonds. The molecule has 0 bridgehead atoms. The highest BCUT2D eigenvalue weighted by Gasteiger charge is 2.09. The molecule has 0 saturated heterocycles. The Balaban J connectivity index is 2.15. The molecule has 7 heteroatoms. The summed E-state index contributed by atoms with van der Waals surface area (Å²) in [6.45, 7) is 2.82. The molecule has 0 aromatic carbocycles. The summed E-state index contributed by atoms with van der Waals surface area (Å²) < 4.78 is 0. The molecule has 18 heavy (non-hydrogen) atoms. The van der Waals surface area contributed by atoms with Crippen molar-refractivity contribution >= 4 is 23.0 Å². The van der Waals surface area contributed by atoms with Crippen LogP contribution in [0.25, 0.3) is 0 Å². The van der Waals surface area contributed by atoms with Gasteiger partial charge in [-0.2, -0.15) is 0 Å². The van der Waals surface area contributed by atoms with Crippen LogP contribution in [0.5, 0.6) is 0 Å². The average Bonchev–Trinajstić information content (AvgIpc) is 2.91. The topological polar surface area (TPSA) is 88.8 Å². The third-order valence-corrected chi connectivity index (χ3v) is 3.28. The summed E-state index contributed by atoms with van der Waals surface area (Å²) in [4.78, 5) is 13.6. The molecular formula is C11H16N6S. The van der Waals surface area contributed by atoms with Crippen LogP contribution in [0.1, 0.15) is 23.8 Å². The fraction of sp³-hybridized carbons (Fsp3) is 0.364. The smallest absolute Gasteiger partial charge is 0.148 e. The first-order valence-electron chi connectivity index (χ1n) is 5.76. The van der Waals surface area contributed by atoms with Crippen molar-refractivity contribution in [3.8, 4) is 0 Å². The molecule has 4 N–H and O–H groups in total. The van der Waals surface area contributed by atoms with E-state index < -0.39 is 0 Å². The summed E-state index contributed by atoms with van der Waals surface area (Å²) in [6.07, 6.45) is 5.24. The Morgan fingerprint density at radius 3 is 2.83 bits per heavy atom. The van der Waals surface area contributed by atoms with Crippen molar-refractivity contribution in [2.45, 2.75) is 26.3 Å². The standard InChI is InChI=1S/C11H16N6S/c1-2-3-9-10(15-6-16-11(9)17-12)14-5-8-4-13-7-18-8/h4,6-7H,2-3,5,12H2,1H3,(H2,14,15,16,17). The minimum Gasteiger partial charge on any atom is -0.365 e. The monoisotopic (exact) mass is 264 g/mol. The zero-order valence-corrected chi connectivity index (χ0v) is 11.0. The molecule has 0 radical (unpaired) electrons. The second-order valence-electron chi connectivity index (χ2n) is 3.77. The maximum absolute atomic E-state index is 5.46. The predicted molar refractivity (Wildman–Crippen MR) is 73.3 cm³/mol. The van der Waals surface area contributed by atoms with Crippen LogP contribution in [0.15, 0.2) is 18.0 Å². The number of hydrazine groups is 1. The first-order chi connectivity index (χ1) is 8.85. The van der Waals surface area contributed by atoms with E-state index >= 15 is 0 Å². The first-order valence-corrected chi connectivity index (χ1v) is 6.64. The van der Waals surface area contributed by atoms with Gasteiger partial charge in [-0.3, -0.25) is 4.98 Å². The zero-order valence-electron chi connectivity index (χ0n) is 10.2. The molecule has 0 spiro atoms. The Morgan fingerprint density at radius 1 is 1.33 bits per heavy atom. The molecule has 2 heterocycles. The van der Waals surface area contributed by atoms with Gasteiger partial charge in [0, 0.05) is 16.6 Å². The summed E-state index contributed by atoms with van der Waals surface area (Å²) >= 11 is 1.61.